The van der Waals surface area contributed by atoms with Crippen molar-refractivity contribution in [3.05, 3.63) is 29.8 Å². The molecule has 0 unspecified atom stereocenters. The van der Waals surface area contributed by atoms with Crippen LogP contribution in [0.2, 0.25) is 0 Å². The Hall–Kier alpha value is -1.35. The number of rotatable bonds is 3. The molecule has 1 aromatic rings. The van der Waals surface area contributed by atoms with Crippen LogP contribution < -0.4 is 14.8 Å². The summed E-state index contributed by atoms with van der Waals surface area (Å²) in [7, 11) is 0. The fourth-order valence-electron chi connectivity index (χ4n) is 1.20. The molecular weight excluding hydrogens is 202 g/mol. The van der Waals surface area contributed by atoms with Gasteiger partial charge in [-0.2, -0.15) is 0 Å². The summed E-state index contributed by atoms with van der Waals surface area (Å²) in [6.45, 7) is 4.43. The Labute approximate surface area is 87.3 Å². The molecule has 0 bridgehead atoms. The van der Waals surface area contributed by atoms with Gasteiger partial charge in [0.2, 0.25) is 6.79 Å². The van der Waals surface area contributed by atoms with Crippen LogP contribution in [0, 0.1) is 0 Å². The Morgan fingerprint density at radius 1 is 1.43 bits per heavy atom. The summed E-state index contributed by atoms with van der Waals surface area (Å²) in [5.74, 6) is 1.54. The fourth-order valence-corrected chi connectivity index (χ4v) is 1.27. The number of anilines is 1. The molecule has 0 aromatic heterocycles. The number of benzene rings is 1. The first kappa shape index (κ1) is 9.21. The average Bonchev–Trinajstić information content (AvgIpc) is 2.61. The molecule has 0 aliphatic carbocycles. The molecule has 3 nitrogen and oxygen atoms in total. The number of ether oxygens (including phenoxy) is 2. The summed E-state index contributed by atoms with van der Waals surface area (Å²) in [4.78, 5) is 0. The Bertz CT molecular complexity index is 365. The summed E-state index contributed by atoms with van der Waals surface area (Å²) in [6, 6.07) is 5.65. The largest absolute Gasteiger partial charge is 0.454 e. The molecule has 14 heavy (non-hydrogen) atoms. The lowest BCUT2D eigenvalue weighted by atomic mass is 10.3. The molecule has 4 heteroatoms. The van der Waals surface area contributed by atoms with Crippen molar-refractivity contribution in [3.63, 3.8) is 0 Å². The standard InChI is InChI=1S/C10H10ClNO2/c1-7(11)5-12-8-2-3-9-10(4-8)14-6-13-9/h2-4,12H,1,5-6H2. The highest BCUT2D eigenvalue weighted by Crippen LogP contribution is 2.34. The van der Waals surface area contributed by atoms with Crippen molar-refractivity contribution < 1.29 is 9.47 Å². The van der Waals surface area contributed by atoms with Crippen molar-refractivity contribution >= 4 is 17.3 Å². The van der Waals surface area contributed by atoms with E-state index >= 15 is 0 Å². The number of hydrogen-bond donors (Lipinski definition) is 1. The highest BCUT2D eigenvalue weighted by atomic mass is 35.5. The van der Waals surface area contributed by atoms with Crippen molar-refractivity contribution in [1.29, 1.82) is 0 Å². The van der Waals surface area contributed by atoms with Crippen molar-refractivity contribution in [2.24, 2.45) is 0 Å². The maximum Gasteiger partial charge on any atom is 0.231 e. The van der Waals surface area contributed by atoms with Gasteiger partial charge in [-0.1, -0.05) is 18.2 Å². The van der Waals surface area contributed by atoms with Crippen molar-refractivity contribution in [2.75, 3.05) is 18.7 Å². The van der Waals surface area contributed by atoms with Gasteiger partial charge >= 0.3 is 0 Å². The van der Waals surface area contributed by atoms with Gasteiger partial charge < -0.3 is 14.8 Å². The molecule has 1 aromatic carbocycles. The second kappa shape index (κ2) is 3.80. The third kappa shape index (κ3) is 1.93. The van der Waals surface area contributed by atoms with E-state index in [0.717, 1.165) is 17.2 Å². The van der Waals surface area contributed by atoms with Crippen molar-refractivity contribution in [3.8, 4) is 11.5 Å². The van der Waals surface area contributed by atoms with Crippen LogP contribution >= 0.6 is 11.6 Å². The molecule has 1 heterocycles. The first-order valence-corrected chi connectivity index (χ1v) is 4.60. The Morgan fingerprint density at radius 3 is 3.00 bits per heavy atom. The van der Waals surface area contributed by atoms with E-state index in [0.29, 0.717) is 18.4 Å². The van der Waals surface area contributed by atoms with E-state index in [9.17, 15) is 0 Å². The molecule has 1 N–H and O–H groups in total. The van der Waals surface area contributed by atoms with E-state index in [-0.39, 0.29) is 0 Å². The smallest absolute Gasteiger partial charge is 0.231 e. The fraction of sp³-hybridized carbons (Fsp3) is 0.200. The van der Waals surface area contributed by atoms with Gasteiger partial charge in [-0.05, 0) is 12.1 Å². The number of nitrogens with one attached hydrogen (secondary N) is 1. The Morgan fingerprint density at radius 2 is 2.21 bits per heavy atom. The zero-order chi connectivity index (χ0) is 9.97. The number of hydrogen-bond acceptors (Lipinski definition) is 3. The summed E-state index contributed by atoms with van der Waals surface area (Å²) >= 11 is 5.63. The molecule has 0 atom stereocenters. The van der Waals surface area contributed by atoms with Gasteiger partial charge in [0.05, 0.1) is 6.54 Å². The quantitative estimate of drug-likeness (QED) is 0.834. The third-order valence-electron chi connectivity index (χ3n) is 1.86. The predicted octanol–water partition coefficient (Wildman–Crippen LogP) is 2.58. The van der Waals surface area contributed by atoms with Gasteiger partial charge in [-0.15, -0.1) is 0 Å². The predicted molar refractivity (Wildman–Crippen MR) is 56.0 cm³/mol. The first-order chi connectivity index (χ1) is 6.75. The van der Waals surface area contributed by atoms with Gasteiger partial charge in [0.25, 0.3) is 0 Å². The van der Waals surface area contributed by atoms with Gasteiger partial charge in [-0.25, -0.2) is 0 Å². The van der Waals surface area contributed by atoms with Crippen LogP contribution in [0.5, 0.6) is 11.5 Å². The van der Waals surface area contributed by atoms with Crippen molar-refractivity contribution in [1.82, 2.24) is 0 Å². The van der Waals surface area contributed by atoms with E-state index in [1.165, 1.54) is 0 Å². The number of fused-ring (bicyclic) bond motifs is 1. The summed E-state index contributed by atoms with van der Waals surface area (Å²) in [6.07, 6.45) is 0. The molecule has 1 aliphatic heterocycles. The van der Waals surface area contributed by atoms with Crippen molar-refractivity contribution in [2.45, 2.75) is 0 Å². The van der Waals surface area contributed by atoms with E-state index in [4.69, 9.17) is 21.1 Å². The van der Waals surface area contributed by atoms with Gasteiger partial charge in [0, 0.05) is 16.8 Å². The topological polar surface area (TPSA) is 30.5 Å². The first-order valence-electron chi connectivity index (χ1n) is 4.22. The van der Waals surface area contributed by atoms with Crippen LogP contribution in [-0.2, 0) is 0 Å². The van der Waals surface area contributed by atoms with E-state index in [1.54, 1.807) is 0 Å². The molecule has 74 valence electrons. The Kier molecular flexibility index (Phi) is 2.50. The summed E-state index contributed by atoms with van der Waals surface area (Å²) < 4.78 is 10.4. The second-order valence-electron chi connectivity index (χ2n) is 2.94. The minimum atomic E-state index is 0.293. The maximum atomic E-state index is 5.63. The molecule has 0 spiro atoms. The molecule has 0 fully saturated rings. The molecule has 0 saturated carbocycles. The zero-order valence-electron chi connectivity index (χ0n) is 7.55. The van der Waals surface area contributed by atoms with E-state index < -0.39 is 0 Å². The molecule has 0 radical (unpaired) electrons. The highest BCUT2D eigenvalue weighted by Gasteiger charge is 2.12. The van der Waals surface area contributed by atoms with Crippen LogP contribution in [0.1, 0.15) is 0 Å². The third-order valence-corrected chi connectivity index (χ3v) is 1.99. The highest BCUT2D eigenvalue weighted by molar-refractivity contribution is 6.29. The lowest BCUT2D eigenvalue weighted by molar-refractivity contribution is 0.174. The molecule has 1 aliphatic rings. The second-order valence-corrected chi connectivity index (χ2v) is 3.47. The van der Waals surface area contributed by atoms with Crippen LogP contribution in [0.3, 0.4) is 0 Å². The molecule has 0 saturated heterocycles. The average molecular weight is 212 g/mol. The normalized spacial score (nSPS) is 12.6. The van der Waals surface area contributed by atoms with Gasteiger partial charge in [0.1, 0.15) is 0 Å². The molecular formula is C10H10ClNO2. The molecule has 2 rings (SSSR count). The lowest BCUT2D eigenvalue weighted by Crippen LogP contribution is -2.00. The minimum absolute atomic E-state index is 0.293. The minimum Gasteiger partial charge on any atom is -0.454 e. The molecule has 0 amide bonds. The SMILES string of the molecule is C=C(Cl)CNc1ccc2c(c1)OCO2. The van der Waals surface area contributed by atoms with Gasteiger partial charge in [-0.3, -0.25) is 0 Å². The van der Waals surface area contributed by atoms with Gasteiger partial charge in [0.15, 0.2) is 11.5 Å². The monoisotopic (exact) mass is 211 g/mol. The van der Waals surface area contributed by atoms with Crippen LogP contribution in [0.25, 0.3) is 0 Å². The van der Waals surface area contributed by atoms with Crippen LogP contribution in [0.4, 0.5) is 5.69 Å². The summed E-state index contributed by atoms with van der Waals surface area (Å²) in [5, 5.41) is 3.68. The van der Waals surface area contributed by atoms with Crippen LogP contribution in [0.15, 0.2) is 29.8 Å². The van der Waals surface area contributed by atoms with E-state index in [1.807, 2.05) is 18.2 Å². The Balaban J connectivity index is 2.09. The lowest BCUT2D eigenvalue weighted by Gasteiger charge is -2.05. The number of halogens is 1. The van der Waals surface area contributed by atoms with Crippen LogP contribution in [-0.4, -0.2) is 13.3 Å². The maximum absolute atomic E-state index is 5.63. The summed E-state index contributed by atoms with van der Waals surface area (Å²) in [5.41, 5.74) is 0.941. The van der Waals surface area contributed by atoms with E-state index in [2.05, 4.69) is 11.9 Å². The zero-order valence-corrected chi connectivity index (χ0v) is 8.30.